The summed E-state index contributed by atoms with van der Waals surface area (Å²) in [6, 6.07) is -8.81. The molecule has 0 bridgehead atoms. The van der Waals surface area contributed by atoms with Crippen LogP contribution in [0.25, 0.3) is 0 Å². The first-order valence-corrected chi connectivity index (χ1v) is 15.8. The summed E-state index contributed by atoms with van der Waals surface area (Å²) in [5.74, 6) is 0. The Morgan fingerprint density at radius 1 is 0.250 bits per heavy atom. The highest BCUT2D eigenvalue weighted by molar-refractivity contribution is 7.20. The highest BCUT2D eigenvalue weighted by Gasteiger charge is 2.47. The van der Waals surface area contributed by atoms with Crippen molar-refractivity contribution < 1.29 is 111 Å². The third kappa shape index (κ3) is 10.9. The predicted molar refractivity (Wildman–Crippen MR) is 164 cm³/mol. The summed E-state index contributed by atoms with van der Waals surface area (Å²) in [4.78, 5) is 0. The number of rotatable bonds is 4. The quantitative estimate of drug-likeness (QED) is 0.155. The Morgan fingerprint density at radius 3 is 0.433 bits per heavy atom. The molecule has 0 aromatic heterocycles. The predicted octanol–water partition coefficient (Wildman–Crippen LogP) is 10.0. The van der Waals surface area contributed by atoms with E-state index in [4.69, 9.17) is 0 Å². The molecule has 0 unspecified atom stereocenters. The van der Waals surface area contributed by atoms with Gasteiger partial charge in [0.2, 0.25) is 0 Å². The Balaban J connectivity index is 0.00000311. The third-order valence-electron chi connectivity index (χ3n) is 8.44. The lowest BCUT2D eigenvalue weighted by Gasteiger charge is -2.46. The zero-order chi connectivity index (χ0) is 46.6. The number of alkyl halides is 24. The van der Waals surface area contributed by atoms with E-state index in [-0.39, 0.29) is 0 Å². The van der Waals surface area contributed by atoms with E-state index < -0.39 is 195 Å². The molecule has 332 valence electrons. The molecule has 0 spiro atoms. The average Bonchev–Trinajstić information content (AvgIpc) is 3.05. The fraction of sp³-hybridized carbons (Fsp3) is 0.294. The largest absolute Gasteiger partial charge is 0.416 e. The Kier molecular flexibility index (Phi) is 13.2. The van der Waals surface area contributed by atoms with Gasteiger partial charge in [-0.25, -0.2) is 0 Å². The van der Waals surface area contributed by atoms with Crippen molar-refractivity contribution in [2.24, 2.45) is 0 Å². The molecule has 0 radical (unpaired) electrons. The smallest absolute Gasteiger partial charge is 0.351 e. The van der Waals surface area contributed by atoms with Crippen molar-refractivity contribution in [2.75, 3.05) is 14.1 Å². The molecule has 0 amide bonds. The second-order valence-corrected chi connectivity index (χ2v) is 12.8. The van der Waals surface area contributed by atoms with E-state index in [2.05, 4.69) is 0 Å². The zero-order valence-corrected chi connectivity index (χ0v) is 29.2. The van der Waals surface area contributed by atoms with Crippen LogP contribution in [0.3, 0.4) is 0 Å². The van der Waals surface area contributed by atoms with Gasteiger partial charge in [0.1, 0.15) is 6.15 Å². The first-order chi connectivity index (χ1) is 26.7. The van der Waals surface area contributed by atoms with Gasteiger partial charge in [0.15, 0.2) is 0 Å². The van der Waals surface area contributed by atoms with Crippen molar-refractivity contribution in [3.05, 3.63) is 117 Å². The minimum Gasteiger partial charge on any atom is -0.351 e. The molecule has 0 fully saturated rings. The van der Waals surface area contributed by atoms with Crippen molar-refractivity contribution in [3.8, 4) is 0 Å². The van der Waals surface area contributed by atoms with Crippen LogP contribution in [0.15, 0.2) is 72.8 Å². The van der Waals surface area contributed by atoms with Gasteiger partial charge in [0.25, 0.3) is 0 Å². The van der Waals surface area contributed by atoms with E-state index in [0.717, 1.165) is 0 Å². The number of halogens is 24. The van der Waals surface area contributed by atoms with Crippen molar-refractivity contribution in [1.82, 2.24) is 0 Å². The summed E-state index contributed by atoms with van der Waals surface area (Å²) in [6.07, 6.45) is -54.8. The maximum absolute atomic E-state index is 14.2. The van der Waals surface area contributed by atoms with Crippen LogP contribution >= 0.6 is 0 Å². The van der Waals surface area contributed by atoms with Crippen LogP contribution < -0.4 is 27.2 Å². The van der Waals surface area contributed by atoms with Crippen LogP contribution in [0.4, 0.5) is 105 Å². The lowest BCUT2D eigenvalue weighted by atomic mass is 9.12. The summed E-state index contributed by atoms with van der Waals surface area (Å²) in [7, 11) is 4.00. The van der Waals surface area contributed by atoms with Crippen LogP contribution in [0.1, 0.15) is 44.5 Å². The Hall–Kier alpha value is -4.78. The maximum Gasteiger partial charge on any atom is 0.416 e. The van der Waals surface area contributed by atoms with Crippen LogP contribution in [0, 0.1) is 0 Å². The molecule has 60 heavy (non-hydrogen) atoms. The van der Waals surface area contributed by atoms with Crippen LogP contribution in [0.5, 0.6) is 0 Å². The SMILES string of the molecule is C[NH2+]C.FC(F)(F)c1cc([B-](c2cc(C(F)(F)F)cc(C(F)(F)F)c2)(c2cc(C(F)(F)F)cc(C(F)(F)F)c2)c2cc(C(F)(F)F)cc(C(F)(F)F)c2)cc(C(F)(F)F)c1. The lowest BCUT2D eigenvalue weighted by molar-refractivity contribution is -0.597. The topological polar surface area (TPSA) is 16.6 Å². The standard InChI is InChI=1S/C32H12BF24.C2H7N/c34-25(35,36)13-1-14(26(37,38)39)6-21(5-13)33(22-7-15(27(40,41)42)2-16(8-22)28(43,44)45,23-9-17(29(46,47)48)3-18(10-23)30(49,50)51)24-11-19(31(52,53)54)4-20(12-24)32(55,56)57;1-3-2/h1-12H;3H,1-2H3/q-1;/p+1. The van der Waals surface area contributed by atoms with Gasteiger partial charge in [-0.05, 0) is 24.3 Å². The van der Waals surface area contributed by atoms with E-state index in [1.54, 1.807) is 0 Å². The summed E-state index contributed by atoms with van der Waals surface area (Å²) in [5, 5.41) is 2.00. The minimum absolute atomic E-state index is 0.691. The average molecular weight is 909 g/mol. The Morgan fingerprint density at radius 2 is 0.350 bits per heavy atom. The Bertz CT molecular complexity index is 1720. The zero-order valence-electron chi connectivity index (χ0n) is 29.2. The molecule has 0 saturated carbocycles. The molecule has 1 nitrogen and oxygen atoms in total. The van der Waals surface area contributed by atoms with Gasteiger partial charge >= 0.3 is 49.4 Å². The number of benzene rings is 4. The first-order valence-electron chi connectivity index (χ1n) is 15.8. The molecular formula is C34H20BF24N. The highest BCUT2D eigenvalue weighted by Crippen LogP contribution is 2.41. The molecule has 0 aliphatic carbocycles. The summed E-state index contributed by atoms with van der Waals surface area (Å²) >= 11 is 0. The van der Waals surface area contributed by atoms with Gasteiger partial charge in [-0.1, -0.05) is 48.5 Å². The summed E-state index contributed by atoms with van der Waals surface area (Å²) in [6.45, 7) is 0. The summed E-state index contributed by atoms with van der Waals surface area (Å²) < 4.78 is 341. The first kappa shape index (κ1) is 49.6. The molecule has 0 heterocycles. The van der Waals surface area contributed by atoms with Gasteiger partial charge in [-0.15, -0.1) is 0 Å². The van der Waals surface area contributed by atoms with Gasteiger partial charge < -0.3 is 5.32 Å². The van der Waals surface area contributed by atoms with Crippen molar-refractivity contribution in [3.63, 3.8) is 0 Å². The van der Waals surface area contributed by atoms with Gasteiger partial charge in [-0.3, -0.25) is 0 Å². The summed E-state index contributed by atoms with van der Waals surface area (Å²) in [5.41, 5.74) is -30.2. The second kappa shape index (κ2) is 15.9. The monoisotopic (exact) mass is 909 g/mol. The number of quaternary nitrogens is 1. The molecule has 4 aromatic carbocycles. The molecule has 2 N–H and O–H groups in total. The van der Waals surface area contributed by atoms with E-state index in [9.17, 15) is 105 Å². The Labute approximate surface area is 319 Å². The normalized spacial score (nSPS) is 13.9. The van der Waals surface area contributed by atoms with E-state index in [0.29, 0.717) is 0 Å². The molecule has 26 heteroatoms. The minimum atomic E-state index is -6.13. The van der Waals surface area contributed by atoms with Gasteiger partial charge in [-0.2, -0.15) is 127 Å². The fourth-order valence-corrected chi connectivity index (χ4v) is 6.07. The van der Waals surface area contributed by atoms with E-state index >= 15 is 0 Å². The molecule has 0 aliphatic rings. The molecule has 4 aromatic rings. The van der Waals surface area contributed by atoms with Crippen LogP contribution in [-0.4, -0.2) is 20.2 Å². The van der Waals surface area contributed by atoms with Crippen molar-refractivity contribution >= 4 is 28.0 Å². The van der Waals surface area contributed by atoms with Gasteiger partial charge in [0, 0.05) is 0 Å². The van der Waals surface area contributed by atoms with Crippen molar-refractivity contribution in [1.29, 1.82) is 0 Å². The molecule has 0 aliphatic heterocycles. The molecule has 0 saturated heterocycles. The van der Waals surface area contributed by atoms with E-state index in [1.165, 1.54) is 0 Å². The maximum atomic E-state index is 14.2. The second-order valence-electron chi connectivity index (χ2n) is 12.8. The molecule has 4 rings (SSSR count). The third-order valence-corrected chi connectivity index (χ3v) is 8.44. The molecule has 0 atom stereocenters. The number of hydrogen-bond acceptors (Lipinski definition) is 0. The van der Waals surface area contributed by atoms with Gasteiger partial charge in [0.05, 0.1) is 58.6 Å². The lowest BCUT2D eigenvalue weighted by Crippen LogP contribution is -2.75. The van der Waals surface area contributed by atoms with Crippen LogP contribution in [0.2, 0.25) is 0 Å². The highest BCUT2D eigenvalue weighted by atomic mass is 19.4. The number of nitrogens with two attached hydrogens (primary N) is 1. The van der Waals surface area contributed by atoms with Crippen molar-refractivity contribution in [2.45, 2.75) is 49.4 Å². The van der Waals surface area contributed by atoms with E-state index in [1.807, 2.05) is 19.4 Å². The van der Waals surface area contributed by atoms with Crippen LogP contribution in [-0.2, 0) is 49.4 Å². The fourth-order valence-electron chi connectivity index (χ4n) is 6.07. The molecular weight excluding hydrogens is 889 g/mol. The number of hydrogen-bond donors (Lipinski definition) is 1.